The van der Waals surface area contributed by atoms with Crippen LogP contribution in [-0.2, 0) is 9.59 Å². The number of carbonyl (C=O) groups excluding carboxylic acids is 2. The molecule has 0 heterocycles. The first kappa shape index (κ1) is 17.3. The van der Waals surface area contributed by atoms with E-state index in [1.165, 1.54) is 0 Å². The van der Waals surface area contributed by atoms with Crippen molar-refractivity contribution in [3.8, 4) is 16.9 Å². The van der Waals surface area contributed by atoms with E-state index in [9.17, 15) is 9.59 Å². The highest BCUT2D eigenvalue weighted by molar-refractivity contribution is 6.32. The smallest absolute Gasteiger partial charge is 0.258 e. The second kappa shape index (κ2) is 8.03. The number of amides is 2. The minimum absolute atomic E-state index is 0.0423. The van der Waals surface area contributed by atoms with Gasteiger partial charge in [0.05, 0.1) is 11.6 Å². The molecular formula is C19H19ClN2O3. The summed E-state index contributed by atoms with van der Waals surface area (Å²) in [5, 5.41) is 5.75. The largest absolute Gasteiger partial charge is 0.482 e. The Morgan fingerprint density at radius 2 is 1.80 bits per heavy atom. The van der Waals surface area contributed by atoms with Crippen molar-refractivity contribution in [1.82, 2.24) is 10.6 Å². The molecule has 0 spiro atoms. The van der Waals surface area contributed by atoms with Crippen LogP contribution in [0.4, 0.5) is 0 Å². The Bertz CT molecular complexity index is 761. The average molecular weight is 359 g/mol. The molecule has 25 heavy (non-hydrogen) atoms. The fraction of sp³-hybridized carbons (Fsp3) is 0.263. The van der Waals surface area contributed by atoms with Crippen molar-refractivity contribution in [2.24, 2.45) is 0 Å². The summed E-state index contributed by atoms with van der Waals surface area (Å²) < 4.78 is 5.44. The fourth-order valence-corrected chi connectivity index (χ4v) is 2.54. The number of nitrogens with one attached hydrogen (secondary N) is 2. The Balaban J connectivity index is 1.49. The second-order valence-electron chi connectivity index (χ2n) is 5.92. The molecule has 6 heteroatoms. The van der Waals surface area contributed by atoms with Crippen molar-refractivity contribution in [3.63, 3.8) is 0 Å². The first-order valence-corrected chi connectivity index (χ1v) is 8.53. The highest BCUT2D eigenvalue weighted by Gasteiger charge is 2.23. The lowest BCUT2D eigenvalue weighted by molar-refractivity contribution is -0.127. The van der Waals surface area contributed by atoms with Gasteiger partial charge in [-0.2, -0.15) is 0 Å². The number of ether oxygens (including phenoxy) is 1. The molecule has 2 N–H and O–H groups in total. The van der Waals surface area contributed by atoms with Crippen LogP contribution in [0.1, 0.15) is 12.8 Å². The molecule has 1 fully saturated rings. The Morgan fingerprint density at radius 3 is 2.48 bits per heavy atom. The topological polar surface area (TPSA) is 67.4 Å². The summed E-state index contributed by atoms with van der Waals surface area (Å²) in [6, 6.07) is 15.5. The molecule has 0 radical (unpaired) electrons. The van der Waals surface area contributed by atoms with E-state index >= 15 is 0 Å². The van der Waals surface area contributed by atoms with Crippen LogP contribution in [0.5, 0.6) is 5.75 Å². The summed E-state index contributed by atoms with van der Waals surface area (Å²) in [5.74, 6) is -0.117. The van der Waals surface area contributed by atoms with Gasteiger partial charge in [0.25, 0.3) is 5.91 Å². The highest BCUT2D eigenvalue weighted by atomic mass is 35.5. The van der Waals surface area contributed by atoms with Gasteiger partial charge in [-0.1, -0.05) is 48.0 Å². The van der Waals surface area contributed by atoms with E-state index in [1.54, 1.807) is 12.1 Å². The average Bonchev–Trinajstić information content (AvgIpc) is 3.43. The number of benzene rings is 2. The second-order valence-corrected chi connectivity index (χ2v) is 6.33. The molecule has 1 aliphatic carbocycles. The zero-order chi connectivity index (χ0) is 17.6. The van der Waals surface area contributed by atoms with Crippen LogP contribution in [0.3, 0.4) is 0 Å². The number of rotatable bonds is 7. The third kappa shape index (κ3) is 5.22. The molecule has 3 rings (SSSR count). The molecule has 1 aliphatic rings. The van der Waals surface area contributed by atoms with Gasteiger partial charge in [0.1, 0.15) is 5.75 Å². The summed E-state index contributed by atoms with van der Waals surface area (Å²) in [4.78, 5) is 23.3. The minimum Gasteiger partial charge on any atom is -0.482 e. The molecule has 5 nitrogen and oxygen atoms in total. The Kier molecular flexibility index (Phi) is 5.56. The maximum absolute atomic E-state index is 11.8. The van der Waals surface area contributed by atoms with E-state index in [2.05, 4.69) is 10.6 Å². The Morgan fingerprint density at radius 1 is 1.04 bits per heavy atom. The summed E-state index contributed by atoms with van der Waals surface area (Å²) in [5.41, 5.74) is 2.02. The summed E-state index contributed by atoms with van der Waals surface area (Å²) in [6.45, 7) is -0.236. The zero-order valence-corrected chi connectivity index (χ0v) is 14.4. The minimum atomic E-state index is -0.367. The quantitative estimate of drug-likeness (QED) is 0.799. The van der Waals surface area contributed by atoms with Crippen LogP contribution >= 0.6 is 11.6 Å². The van der Waals surface area contributed by atoms with Crippen LogP contribution in [0.25, 0.3) is 11.1 Å². The van der Waals surface area contributed by atoms with Crippen molar-refractivity contribution in [3.05, 3.63) is 53.6 Å². The lowest BCUT2D eigenvalue weighted by Crippen LogP contribution is -2.39. The van der Waals surface area contributed by atoms with Gasteiger partial charge in [-0.15, -0.1) is 0 Å². The van der Waals surface area contributed by atoms with Gasteiger partial charge < -0.3 is 15.4 Å². The molecule has 130 valence electrons. The maximum atomic E-state index is 11.8. The number of hydrogen-bond acceptors (Lipinski definition) is 3. The number of hydrogen-bond donors (Lipinski definition) is 2. The van der Waals surface area contributed by atoms with E-state index in [0.29, 0.717) is 10.8 Å². The van der Waals surface area contributed by atoms with Gasteiger partial charge in [0.15, 0.2) is 6.61 Å². The van der Waals surface area contributed by atoms with Crippen molar-refractivity contribution < 1.29 is 14.3 Å². The van der Waals surface area contributed by atoms with Gasteiger partial charge in [-0.05, 0) is 36.1 Å². The molecule has 2 aromatic carbocycles. The first-order valence-electron chi connectivity index (χ1n) is 8.15. The Labute approximate surface area is 151 Å². The van der Waals surface area contributed by atoms with Gasteiger partial charge in [0.2, 0.25) is 5.91 Å². The normalized spacial score (nSPS) is 13.2. The van der Waals surface area contributed by atoms with E-state index in [0.717, 1.165) is 24.0 Å². The Hall–Kier alpha value is -2.53. The third-order valence-electron chi connectivity index (χ3n) is 3.79. The third-order valence-corrected chi connectivity index (χ3v) is 4.08. The summed E-state index contributed by atoms with van der Waals surface area (Å²) >= 11 is 6.23. The fourth-order valence-electron chi connectivity index (χ4n) is 2.31. The van der Waals surface area contributed by atoms with E-state index in [1.807, 2.05) is 36.4 Å². The summed E-state index contributed by atoms with van der Waals surface area (Å²) in [7, 11) is 0. The molecule has 1 saturated carbocycles. The number of halogens is 1. The van der Waals surface area contributed by atoms with E-state index in [4.69, 9.17) is 16.3 Å². The predicted octanol–water partition coefficient (Wildman–Crippen LogP) is 2.78. The van der Waals surface area contributed by atoms with Crippen LogP contribution in [0.15, 0.2) is 48.5 Å². The lowest BCUT2D eigenvalue weighted by atomic mass is 10.1. The highest BCUT2D eigenvalue weighted by Crippen LogP contribution is 2.30. The van der Waals surface area contributed by atoms with E-state index < -0.39 is 0 Å². The van der Waals surface area contributed by atoms with E-state index in [-0.39, 0.29) is 31.0 Å². The summed E-state index contributed by atoms with van der Waals surface area (Å²) in [6.07, 6.45) is 2.03. The molecule has 0 aliphatic heterocycles. The number of carbonyl (C=O) groups is 2. The van der Waals surface area contributed by atoms with Crippen molar-refractivity contribution >= 4 is 23.4 Å². The lowest BCUT2D eigenvalue weighted by Gasteiger charge is -2.10. The molecule has 0 bridgehead atoms. The van der Waals surface area contributed by atoms with Crippen LogP contribution < -0.4 is 15.4 Å². The van der Waals surface area contributed by atoms with Gasteiger partial charge in [0, 0.05) is 6.04 Å². The molecule has 2 aromatic rings. The van der Waals surface area contributed by atoms with Gasteiger partial charge >= 0.3 is 0 Å². The van der Waals surface area contributed by atoms with Gasteiger partial charge in [-0.3, -0.25) is 9.59 Å². The molecule has 0 atom stereocenters. The van der Waals surface area contributed by atoms with Crippen molar-refractivity contribution in [2.45, 2.75) is 18.9 Å². The van der Waals surface area contributed by atoms with Crippen molar-refractivity contribution in [1.29, 1.82) is 0 Å². The first-order chi connectivity index (χ1) is 12.1. The van der Waals surface area contributed by atoms with Crippen LogP contribution in [0.2, 0.25) is 5.02 Å². The monoisotopic (exact) mass is 358 g/mol. The maximum Gasteiger partial charge on any atom is 0.258 e. The predicted molar refractivity (Wildman–Crippen MR) is 96.6 cm³/mol. The SMILES string of the molecule is O=C(COc1ccc(-c2ccccc2)cc1Cl)NCC(=O)NC1CC1. The molecular weight excluding hydrogens is 340 g/mol. The molecule has 0 saturated heterocycles. The molecule has 2 amide bonds. The molecule has 0 aromatic heterocycles. The van der Waals surface area contributed by atoms with Crippen LogP contribution in [0, 0.1) is 0 Å². The molecule has 0 unspecified atom stereocenters. The zero-order valence-electron chi connectivity index (χ0n) is 13.6. The standard InChI is InChI=1S/C19H19ClN2O3/c20-16-10-14(13-4-2-1-3-5-13)6-9-17(16)25-12-19(24)21-11-18(23)22-15-7-8-15/h1-6,9-10,15H,7-8,11-12H2,(H,21,24)(H,22,23). The van der Waals surface area contributed by atoms with Crippen molar-refractivity contribution in [2.75, 3.05) is 13.2 Å². The van der Waals surface area contributed by atoms with Crippen LogP contribution in [-0.4, -0.2) is 31.0 Å². The van der Waals surface area contributed by atoms with Gasteiger partial charge in [-0.25, -0.2) is 0 Å².